The van der Waals surface area contributed by atoms with Gasteiger partial charge in [0.15, 0.2) is 0 Å². The van der Waals surface area contributed by atoms with Crippen LogP contribution in [-0.4, -0.2) is 42.9 Å². The lowest BCUT2D eigenvalue weighted by Crippen LogP contribution is -2.21. The smallest absolute Gasteiger partial charge is 0.347 e. The minimum Gasteiger partial charge on any atom is -0.477 e. The van der Waals surface area contributed by atoms with Crippen molar-refractivity contribution < 1.29 is 14.6 Å². The maximum atomic E-state index is 10.9. The molecule has 0 bridgehead atoms. The molecule has 0 atom stereocenters. The van der Waals surface area contributed by atoms with Gasteiger partial charge >= 0.3 is 5.97 Å². The van der Waals surface area contributed by atoms with Gasteiger partial charge in [-0.3, -0.25) is 0 Å². The van der Waals surface area contributed by atoms with Gasteiger partial charge in [0.05, 0.1) is 17.3 Å². The molecule has 0 aliphatic heterocycles. The normalized spacial score (nSPS) is 10.7. The Balaban J connectivity index is 2.46. The molecule has 0 aliphatic carbocycles. The number of aromatic nitrogens is 1. The Hall–Kier alpha value is -0.980. The standard InChI is InChI=1S/C11H18N2O3S/c1-3-8-10(11(14)15)17-9(13-8)4-5-12-6-7-16-2/h12H,3-7H2,1-2H3,(H,14,15). The number of hydrogen-bond donors (Lipinski definition) is 2. The van der Waals surface area contributed by atoms with Crippen LogP contribution < -0.4 is 5.32 Å². The summed E-state index contributed by atoms with van der Waals surface area (Å²) in [4.78, 5) is 15.7. The molecule has 96 valence electrons. The average Bonchev–Trinajstić information content (AvgIpc) is 2.72. The zero-order valence-corrected chi connectivity index (χ0v) is 11.0. The first-order valence-corrected chi connectivity index (χ1v) is 6.42. The van der Waals surface area contributed by atoms with Crippen molar-refractivity contribution in [2.45, 2.75) is 19.8 Å². The number of carboxylic acid groups (broad SMARTS) is 1. The van der Waals surface area contributed by atoms with E-state index in [0.717, 1.165) is 24.5 Å². The van der Waals surface area contributed by atoms with Crippen LogP contribution in [0.4, 0.5) is 0 Å². The molecule has 1 heterocycles. The first kappa shape index (κ1) is 14.1. The molecule has 0 amide bonds. The van der Waals surface area contributed by atoms with E-state index in [2.05, 4.69) is 10.3 Å². The lowest BCUT2D eigenvalue weighted by Gasteiger charge is -2.01. The van der Waals surface area contributed by atoms with Gasteiger partial charge in [0, 0.05) is 26.6 Å². The summed E-state index contributed by atoms with van der Waals surface area (Å²) in [5.74, 6) is -0.877. The van der Waals surface area contributed by atoms with E-state index in [1.165, 1.54) is 11.3 Å². The van der Waals surface area contributed by atoms with E-state index in [1.54, 1.807) is 7.11 Å². The number of aromatic carboxylic acids is 1. The third-order valence-electron chi connectivity index (χ3n) is 2.27. The molecule has 6 heteroatoms. The van der Waals surface area contributed by atoms with E-state index in [4.69, 9.17) is 9.84 Å². The SMILES string of the molecule is CCc1nc(CCNCCOC)sc1C(=O)O. The molecule has 1 rings (SSSR count). The number of nitrogens with zero attached hydrogens (tertiary/aromatic N) is 1. The predicted molar refractivity (Wildman–Crippen MR) is 66.9 cm³/mol. The van der Waals surface area contributed by atoms with Crippen molar-refractivity contribution in [2.24, 2.45) is 0 Å². The van der Waals surface area contributed by atoms with Gasteiger partial charge in [-0.2, -0.15) is 0 Å². The molecule has 0 radical (unpaired) electrons. The second-order valence-corrected chi connectivity index (χ2v) is 4.62. The predicted octanol–water partition coefficient (Wildman–Crippen LogP) is 1.18. The zero-order valence-electron chi connectivity index (χ0n) is 10.2. The fourth-order valence-electron chi connectivity index (χ4n) is 1.41. The van der Waals surface area contributed by atoms with Crippen LogP contribution in [0, 0.1) is 0 Å². The third kappa shape index (κ3) is 4.41. The van der Waals surface area contributed by atoms with Crippen LogP contribution in [0.3, 0.4) is 0 Å². The van der Waals surface area contributed by atoms with Crippen molar-refractivity contribution in [2.75, 3.05) is 26.8 Å². The molecule has 17 heavy (non-hydrogen) atoms. The molecule has 0 unspecified atom stereocenters. The maximum Gasteiger partial charge on any atom is 0.347 e. The van der Waals surface area contributed by atoms with Crippen LogP contribution in [0.25, 0.3) is 0 Å². The number of nitrogens with one attached hydrogen (secondary N) is 1. The van der Waals surface area contributed by atoms with Gasteiger partial charge in [-0.15, -0.1) is 11.3 Å². The first-order valence-electron chi connectivity index (χ1n) is 5.60. The fourth-order valence-corrected chi connectivity index (χ4v) is 2.40. The van der Waals surface area contributed by atoms with Gasteiger partial charge in [0.25, 0.3) is 0 Å². The van der Waals surface area contributed by atoms with Crippen LogP contribution in [0.15, 0.2) is 0 Å². The van der Waals surface area contributed by atoms with Crippen LogP contribution in [0.5, 0.6) is 0 Å². The van der Waals surface area contributed by atoms with Gasteiger partial charge in [-0.05, 0) is 6.42 Å². The summed E-state index contributed by atoms with van der Waals surface area (Å²) in [7, 11) is 1.66. The van der Waals surface area contributed by atoms with Crippen molar-refractivity contribution in [1.29, 1.82) is 0 Å². The van der Waals surface area contributed by atoms with Crippen molar-refractivity contribution in [3.05, 3.63) is 15.6 Å². The minimum absolute atomic E-state index is 0.374. The Labute approximate surface area is 105 Å². The molecule has 0 saturated carbocycles. The van der Waals surface area contributed by atoms with Crippen LogP contribution in [0.1, 0.15) is 27.3 Å². The van der Waals surface area contributed by atoms with E-state index in [-0.39, 0.29) is 0 Å². The number of carbonyl (C=O) groups is 1. The second kappa shape index (κ2) is 7.37. The molecule has 0 spiro atoms. The number of methoxy groups -OCH3 is 1. The molecule has 1 aromatic heterocycles. The molecule has 2 N–H and O–H groups in total. The Morgan fingerprint density at radius 1 is 1.53 bits per heavy atom. The van der Waals surface area contributed by atoms with Crippen molar-refractivity contribution >= 4 is 17.3 Å². The Morgan fingerprint density at radius 2 is 2.29 bits per heavy atom. The van der Waals surface area contributed by atoms with Crippen molar-refractivity contribution in [3.8, 4) is 0 Å². The van der Waals surface area contributed by atoms with Gasteiger partial charge in [0.2, 0.25) is 0 Å². The summed E-state index contributed by atoms with van der Waals surface area (Å²) < 4.78 is 4.91. The molecule has 0 saturated heterocycles. The number of rotatable bonds is 8. The topological polar surface area (TPSA) is 71.5 Å². The van der Waals surface area contributed by atoms with E-state index >= 15 is 0 Å². The number of carboxylic acids is 1. The van der Waals surface area contributed by atoms with Crippen LogP contribution in [0.2, 0.25) is 0 Å². The van der Waals surface area contributed by atoms with Gasteiger partial charge in [0.1, 0.15) is 4.88 Å². The van der Waals surface area contributed by atoms with Gasteiger partial charge in [-0.1, -0.05) is 6.92 Å². The highest BCUT2D eigenvalue weighted by Crippen LogP contribution is 2.19. The Bertz CT molecular complexity index is 366. The van der Waals surface area contributed by atoms with Gasteiger partial charge in [-0.25, -0.2) is 9.78 Å². The zero-order chi connectivity index (χ0) is 12.7. The lowest BCUT2D eigenvalue weighted by molar-refractivity contribution is 0.0701. The number of thiazole rings is 1. The monoisotopic (exact) mass is 258 g/mol. The number of ether oxygens (including phenoxy) is 1. The quantitative estimate of drug-likeness (QED) is 0.685. The Morgan fingerprint density at radius 3 is 2.82 bits per heavy atom. The highest BCUT2D eigenvalue weighted by atomic mass is 32.1. The van der Waals surface area contributed by atoms with Crippen molar-refractivity contribution in [3.63, 3.8) is 0 Å². The molecule has 0 aromatic carbocycles. The summed E-state index contributed by atoms with van der Waals surface area (Å²) in [6, 6.07) is 0. The van der Waals surface area contributed by atoms with E-state index in [0.29, 0.717) is 23.6 Å². The summed E-state index contributed by atoms with van der Waals surface area (Å²) >= 11 is 1.27. The first-order chi connectivity index (χ1) is 8.19. The molecular weight excluding hydrogens is 240 g/mol. The number of aryl methyl sites for hydroxylation is 1. The number of hydrogen-bond acceptors (Lipinski definition) is 5. The Kier molecular flexibility index (Phi) is 6.10. The van der Waals surface area contributed by atoms with E-state index in [1.807, 2.05) is 6.92 Å². The highest BCUT2D eigenvalue weighted by Gasteiger charge is 2.15. The van der Waals surface area contributed by atoms with E-state index < -0.39 is 5.97 Å². The molecule has 1 aromatic rings. The minimum atomic E-state index is -0.877. The average molecular weight is 258 g/mol. The summed E-state index contributed by atoms with van der Waals surface area (Å²) in [5, 5.41) is 13.1. The summed E-state index contributed by atoms with van der Waals surface area (Å²) in [6.07, 6.45) is 1.42. The molecule has 0 aliphatic rings. The van der Waals surface area contributed by atoms with Crippen LogP contribution >= 0.6 is 11.3 Å². The largest absolute Gasteiger partial charge is 0.477 e. The second-order valence-electron chi connectivity index (χ2n) is 3.53. The van der Waals surface area contributed by atoms with E-state index in [9.17, 15) is 4.79 Å². The molecule has 0 fully saturated rings. The highest BCUT2D eigenvalue weighted by molar-refractivity contribution is 7.13. The van der Waals surface area contributed by atoms with Crippen molar-refractivity contribution in [1.82, 2.24) is 10.3 Å². The molecular formula is C11H18N2O3S. The fraction of sp³-hybridized carbons (Fsp3) is 0.636. The maximum absolute atomic E-state index is 10.9. The summed E-state index contributed by atoms with van der Waals surface area (Å²) in [5.41, 5.74) is 0.689. The van der Waals surface area contributed by atoms with Crippen LogP contribution in [-0.2, 0) is 17.6 Å². The third-order valence-corrected chi connectivity index (χ3v) is 3.41. The van der Waals surface area contributed by atoms with Gasteiger partial charge < -0.3 is 15.2 Å². The lowest BCUT2D eigenvalue weighted by atomic mass is 10.3. The summed E-state index contributed by atoms with van der Waals surface area (Å²) in [6.45, 7) is 4.19. The molecule has 5 nitrogen and oxygen atoms in total.